The number of nitrogens with one attached hydrogen (secondary N) is 1. The van der Waals surface area contributed by atoms with Gasteiger partial charge in [0.1, 0.15) is 5.78 Å². The molecule has 1 aromatic carbocycles. The van der Waals surface area contributed by atoms with Crippen molar-refractivity contribution >= 4 is 17.4 Å². The summed E-state index contributed by atoms with van der Waals surface area (Å²) in [7, 11) is 0. The van der Waals surface area contributed by atoms with Gasteiger partial charge in [-0.2, -0.15) is 0 Å². The lowest BCUT2D eigenvalue weighted by Gasteiger charge is -2.13. The van der Waals surface area contributed by atoms with Crippen LogP contribution in [0.1, 0.15) is 19.8 Å². The lowest BCUT2D eigenvalue weighted by Crippen LogP contribution is -2.29. The lowest BCUT2D eigenvalue weighted by atomic mass is 9.96. The molecule has 0 spiro atoms. The second kappa shape index (κ2) is 4.47. The zero-order valence-corrected chi connectivity index (χ0v) is 9.27. The average molecular weight is 217 g/mol. The van der Waals surface area contributed by atoms with Crippen LogP contribution < -0.4 is 5.32 Å². The van der Waals surface area contributed by atoms with Crippen molar-refractivity contribution in [1.82, 2.24) is 0 Å². The maximum Gasteiger partial charge on any atom is 0.235 e. The summed E-state index contributed by atoms with van der Waals surface area (Å²) in [5, 5.41) is 2.78. The van der Waals surface area contributed by atoms with Crippen LogP contribution in [0.4, 0.5) is 5.69 Å². The lowest BCUT2D eigenvalue weighted by molar-refractivity contribution is -0.130. The number of hydrogen-bond donors (Lipinski definition) is 1. The van der Waals surface area contributed by atoms with Gasteiger partial charge >= 0.3 is 0 Å². The third-order valence-electron chi connectivity index (χ3n) is 3.09. The van der Waals surface area contributed by atoms with Crippen molar-refractivity contribution in [2.45, 2.75) is 19.8 Å². The van der Waals surface area contributed by atoms with Gasteiger partial charge in [-0.1, -0.05) is 25.1 Å². The Bertz CT molecular complexity index is 400. The fourth-order valence-corrected chi connectivity index (χ4v) is 2.16. The molecule has 1 amide bonds. The summed E-state index contributed by atoms with van der Waals surface area (Å²) in [5.41, 5.74) is 0.749. The average Bonchev–Trinajstić information content (AvgIpc) is 2.60. The van der Waals surface area contributed by atoms with E-state index in [2.05, 4.69) is 5.32 Å². The van der Waals surface area contributed by atoms with Crippen molar-refractivity contribution in [3.8, 4) is 0 Å². The number of para-hydroxylation sites is 1. The van der Waals surface area contributed by atoms with Crippen molar-refractivity contribution in [3.63, 3.8) is 0 Å². The van der Waals surface area contributed by atoms with Gasteiger partial charge in [0.05, 0.1) is 5.92 Å². The topological polar surface area (TPSA) is 46.2 Å². The Kier molecular flexibility index (Phi) is 3.04. The molecule has 1 fully saturated rings. The Labute approximate surface area is 94.9 Å². The number of carbonyl (C=O) groups excluding carboxylic acids is 2. The van der Waals surface area contributed by atoms with Crippen molar-refractivity contribution in [1.29, 1.82) is 0 Å². The van der Waals surface area contributed by atoms with Crippen molar-refractivity contribution in [3.05, 3.63) is 30.3 Å². The number of anilines is 1. The van der Waals surface area contributed by atoms with Gasteiger partial charge in [-0.05, 0) is 24.5 Å². The molecule has 1 aromatic rings. The minimum atomic E-state index is -0.458. The first-order chi connectivity index (χ1) is 7.68. The Balaban J connectivity index is 2.06. The molecule has 0 saturated heterocycles. The third-order valence-corrected chi connectivity index (χ3v) is 3.09. The fourth-order valence-electron chi connectivity index (χ4n) is 2.16. The Morgan fingerprint density at radius 3 is 2.56 bits per heavy atom. The van der Waals surface area contributed by atoms with Gasteiger partial charge in [0.25, 0.3) is 0 Å². The standard InChI is InChI=1S/C13H15NO2/c1-9-7-8-11(15)12(9)13(16)14-10-5-3-2-4-6-10/h2-6,9,12H,7-8H2,1H3,(H,14,16). The van der Waals surface area contributed by atoms with Crippen LogP contribution in [0.3, 0.4) is 0 Å². The molecule has 2 rings (SSSR count). The first-order valence-corrected chi connectivity index (χ1v) is 5.57. The van der Waals surface area contributed by atoms with E-state index in [0.717, 1.165) is 12.1 Å². The van der Waals surface area contributed by atoms with E-state index in [9.17, 15) is 9.59 Å². The van der Waals surface area contributed by atoms with Crippen LogP contribution >= 0.6 is 0 Å². The molecule has 1 aliphatic carbocycles. The number of Topliss-reactive ketones (excluding diaryl/α,β-unsaturated/α-hetero) is 1. The Hall–Kier alpha value is -1.64. The first kappa shape index (κ1) is 10.9. The molecule has 1 aliphatic rings. The largest absolute Gasteiger partial charge is 0.325 e. The number of amides is 1. The van der Waals surface area contributed by atoms with E-state index in [4.69, 9.17) is 0 Å². The van der Waals surface area contributed by atoms with Gasteiger partial charge in [0.2, 0.25) is 5.91 Å². The number of benzene rings is 1. The second-order valence-corrected chi connectivity index (χ2v) is 4.32. The van der Waals surface area contributed by atoms with Crippen LogP contribution in [0, 0.1) is 11.8 Å². The van der Waals surface area contributed by atoms with Gasteiger partial charge < -0.3 is 5.32 Å². The maximum atomic E-state index is 11.9. The number of ketones is 1. The van der Waals surface area contributed by atoms with E-state index in [1.54, 1.807) is 0 Å². The summed E-state index contributed by atoms with van der Waals surface area (Å²) < 4.78 is 0. The minimum absolute atomic E-state index is 0.0703. The summed E-state index contributed by atoms with van der Waals surface area (Å²) in [5.74, 6) is -0.390. The summed E-state index contributed by atoms with van der Waals surface area (Å²) >= 11 is 0. The zero-order chi connectivity index (χ0) is 11.5. The van der Waals surface area contributed by atoms with Gasteiger partial charge in [0, 0.05) is 12.1 Å². The highest BCUT2D eigenvalue weighted by molar-refractivity contribution is 6.08. The summed E-state index contributed by atoms with van der Waals surface area (Å²) in [6.07, 6.45) is 1.36. The van der Waals surface area contributed by atoms with E-state index in [1.165, 1.54) is 0 Å². The van der Waals surface area contributed by atoms with Gasteiger partial charge in [0.15, 0.2) is 0 Å². The van der Waals surface area contributed by atoms with E-state index < -0.39 is 5.92 Å². The number of carbonyl (C=O) groups is 2. The van der Waals surface area contributed by atoms with Gasteiger partial charge in [-0.3, -0.25) is 9.59 Å². The summed E-state index contributed by atoms with van der Waals surface area (Å²) in [6.45, 7) is 1.96. The van der Waals surface area contributed by atoms with Crippen LogP contribution in [0.2, 0.25) is 0 Å². The van der Waals surface area contributed by atoms with Crippen LogP contribution in [0.15, 0.2) is 30.3 Å². The summed E-state index contributed by atoms with van der Waals surface area (Å²) in [4.78, 5) is 23.5. The molecule has 3 nitrogen and oxygen atoms in total. The van der Waals surface area contributed by atoms with E-state index >= 15 is 0 Å². The normalized spacial score (nSPS) is 24.4. The monoisotopic (exact) mass is 217 g/mol. The van der Waals surface area contributed by atoms with Crippen molar-refractivity contribution < 1.29 is 9.59 Å². The molecule has 0 bridgehead atoms. The quantitative estimate of drug-likeness (QED) is 0.772. The molecule has 0 heterocycles. The minimum Gasteiger partial charge on any atom is -0.325 e. The van der Waals surface area contributed by atoms with E-state index in [-0.39, 0.29) is 17.6 Å². The third kappa shape index (κ3) is 2.13. The second-order valence-electron chi connectivity index (χ2n) is 4.32. The SMILES string of the molecule is CC1CCC(=O)C1C(=O)Nc1ccccc1. The smallest absolute Gasteiger partial charge is 0.235 e. The predicted octanol–water partition coefficient (Wildman–Crippen LogP) is 2.24. The molecular weight excluding hydrogens is 202 g/mol. The first-order valence-electron chi connectivity index (χ1n) is 5.57. The van der Waals surface area contributed by atoms with Crippen LogP contribution in [-0.2, 0) is 9.59 Å². The number of rotatable bonds is 2. The molecule has 0 radical (unpaired) electrons. The highest BCUT2D eigenvalue weighted by Crippen LogP contribution is 2.29. The molecule has 1 saturated carbocycles. The van der Waals surface area contributed by atoms with E-state index in [1.807, 2.05) is 37.3 Å². The van der Waals surface area contributed by atoms with Crippen LogP contribution in [-0.4, -0.2) is 11.7 Å². The molecule has 3 heteroatoms. The molecule has 1 N–H and O–H groups in total. The molecular formula is C13H15NO2. The zero-order valence-electron chi connectivity index (χ0n) is 9.27. The molecule has 16 heavy (non-hydrogen) atoms. The van der Waals surface area contributed by atoms with Gasteiger partial charge in [-0.15, -0.1) is 0 Å². The van der Waals surface area contributed by atoms with Crippen LogP contribution in [0.5, 0.6) is 0 Å². The van der Waals surface area contributed by atoms with Crippen LogP contribution in [0.25, 0.3) is 0 Å². The van der Waals surface area contributed by atoms with Gasteiger partial charge in [-0.25, -0.2) is 0 Å². The fraction of sp³-hybridized carbons (Fsp3) is 0.385. The Morgan fingerprint density at radius 1 is 1.31 bits per heavy atom. The highest BCUT2D eigenvalue weighted by Gasteiger charge is 2.37. The van der Waals surface area contributed by atoms with Crippen molar-refractivity contribution in [2.75, 3.05) is 5.32 Å². The maximum absolute atomic E-state index is 11.9. The number of hydrogen-bond acceptors (Lipinski definition) is 2. The molecule has 0 aromatic heterocycles. The molecule has 84 valence electrons. The predicted molar refractivity (Wildman–Crippen MR) is 62.0 cm³/mol. The Morgan fingerprint density at radius 2 is 2.00 bits per heavy atom. The summed E-state index contributed by atoms with van der Waals surface area (Å²) in [6, 6.07) is 9.24. The molecule has 2 atom stereocenters. The van der Waals surface area contributed by atoms with Crippen molar-refractivity contribution in [2.24, 2.45) is 11.8 Å². The highest BCUT2D eigenvalue weighted by atomic mass is 16.2. The molecule has 0 aliphatic heterocycles. The molecule has 2 unspecified atom stereocenters. The van der Waals surface area contributed by atoms with E-state index in [0.29, 0.717) is 6.42 Å².